The van der Waals surface area contributed by atoms with Crippen LogP contribution < -0.4 is 10.8 Å². The average Bonchev–Trinajstić information content (AvgIpc) is 2.74. The van der Waals surface area contributed by atoms with Crippen molar-refractivity contribution in [2.75, 3.05) is 6.61 Å². The third kappa shape index (κ3) is 4.41. The van der Waals surface area contributed by atoms with Crippen LogP contribution in [0.15, 0.2) is 0 Å². The molecule has 1 atom stereocenters. The maximum absolute atomic E-state index is 12.8. The van der Waals surface area contributed by atoms with E-state index in [1.54, 1.807) is 6.92 Å². The molecule has 0 aliphatic heterocycles. The van der Waals surface area contributed by atoms with Crippen molar-refractivity contribution >= 4 is 6.03 Å². The molecular weight excluding hydrogens is 237 g/mol. The van der Waals surface area contributed by atoms with E-state index in [0.717, 1.165) is 12.8 Å². The SMILES string of the molecule is CCONC(=O)NC(C1CCCC1)C(F)(F)F. The molecular formula is C10H17F3N2O2. The first-order valence-electron chi connectivity index (χ1n) is 5.70. The molecule has 0 aromatic carbocycles. The average molecular weight is 254 g/mol. The summed E-state index contributed by atoms with van der Waals surface area (Å²) in [5.41, 5.74) is 1.91. The minimum atomic E-state index is -4.42. The van der Waals surface area contributed by atoms with Crippen molar-refractivity contribution in [2.45, 2.75) is 44.8 Å². The zero-order valence-electron chi connectivity index (χ0n) is 9.64. The molecule has 1 aliphatic rings. The van der Waals surface area contributed by atoms with Gasteiger partial charge in [-0.1, -0.05) is 12.8 Å². The number of amides is 2. The number of nitrogens with one attached hydrogen (secondary N) is 2. The van der Waals surface area contributed by atoms with Gasteiger partial charge in [-0.2, -0.15) is 13.2 Å². The number of carbonyl (C=O) groups excluding carboxylic acids is 1. The summed E-state index contributed by atoms with van der Waals surface area (Å²) in [6.45, 7) is 1.83. The van der Waals surface area contributed by atoms with Crippen LogP contribution in [0.3, 0.4) is 0 Å². The summed E-state index contributed by atoms with van der Waals surface area (Å²) in [5.74, 6) is -0.526. The Morgan fingerprint density at radius 1 is 1.41 bits per heavy atom. The molecule has 0 heterocycles. The van der Waals surface area contributed by atoms with E-state index < -0.39 is 24.2 Å². The molecule has 0 bridgehead atoms. The maximum Gasteiger partial charge on any atom is 0.408 e. The molecule has 0 spiro atoms. The molecule has 1 fully saturated rings. The summed E-state index contributed by atoms with van der Waals surface area (Å²) in [6.07, 6.45) is -1.85. The Hall–Kier alpha value is -0.980. The van der Waals surface area contributed by atoms with E-state index in [2.05, 4.69) is 4.84 Å². The quantitative estimate of drug-likeness (QED) is 0.757. The van der Waals surface area contributed by atoms with Gasteiger partial charge in [0, 0.05) is 0 Å². The Bertz CT molecular complexity index is 252. The van der Waals surface area contributed by atoms with E-state index >= 15 is 0 Å². The molecule has 2 N–H and O–H groups in total. The monoisotopic (exact) mass is 254 g/mol. The van der Waals surface area contributed by atoms with E-state index in [-0.39, 0.29) is 6.61 Å². The van der Waals surface area contributed by atoms with Crippen molar-refractivity contribution in [1.82, 2.24) is 10.8 Å². The highest BCUT2D eigenvalue weighted by Crippen LogP contribution is 2.35. The van der Waals surface area contributed by atoms with Crippen molar-refractivity contribution in [3.05, 3.63) is 0 Å². The Morgan fingerprint density at radius 3 is 2.47 bits per heavy atom. The van der Waals surface area contributed by atoms with Crippen molar-refractivity contribution in [3.8, 4) is 0 Å². The summed E-state index contributed by atoms with van der Waals surface area (Å²) >= 11 is 0. The number of carbonyl (C=O) groups is 1. The molecule has 0 saturated heterocycles. The number of hydroxylamine groups is 1. The van der Waals surface area contributed by atoms with Crippen LogP contribution in [0, 0.1) is 5.92 Å². The molecule has 1 rings (SSSR count). The fraction of sp³-hybridized carbons (Fsp3) is 0.900. The van der Waals surface area contributed by atoms with E-state index in [0.29, 0.717) is 12.8 Å². The predicted octanol–water partition coefficient (Wildman–Crippen LogP) is 2.36. The minimum absolute atomic E-state index is 0.202. The Kier molecular flexibility index (Phi) is 5.04. The summed E-state index contributed by atoms with van der Waals surface area (Å²) in [7, 11) is 0. The van der Waals surface area contributed by atoms with Gasteiger partial charge in [0.25, 0.3) is 0 Å². The second kappa shape index (κ2) is 6.09. The second-order valence-electron chi connectivity index (χ2n) is 4.07. The van der Waals surface area contributed by atoms with Gasteiger partial charge in [-0.05, 0) is 25.7 Å². The number of rotatable bonds is 4. The third-order valence-electron chi connectivity index (χ3n) is 2.82. The first-order chi connectivity index (χ1) is 7.95. The molecule has 0 aromatic heterocycles. The molecule has 1 aliphatic carbocycles. The highest BCUT2D eigenvalue weighted by molar-refractivity contribution is 5.73. The van der Waals surface area contributed by atoms with E-state index in [1.807, 2.05) is 10.8 Å². The lowest BCUT2D eigenvalue weighted by molar-refractivity contribution is -0.165. The van der Waals surface area contributed by atoms with E-state index in [1.165, 1.54) is 0 Å². The van der Waals surface area contributed by atoms with Gasteiger partial charge in [0.05, 0.1) is 6.61 Å². The highest BCUT2D eigenvalue weighted by atomic mass is 19.4. The number of hydrogen-bond donors (Lipinski definition) is 2. The Morgan fingerprint density at radius 2 is 2.00 bits per heavy atom. The van der Waals surface area contributed by atoms with Crippen molar-refractivity contribution < 1.29 is 22.8 Å². The molecule has 0 aromatic rings. The maximum atomic E-state index is 12.8. The summed E-state index contributed by atoms with van der Waals surface area (Å²) in [4.78, 5) is 15.7. The van der Waals surface area contributed by atoms with Gasteiger partial charge in [0.15, 0.2) is 0 Å². The van der Waals surface area contributed by atoms with Gasteiger partial charge in [0.2, 0.25) is 0 Å². The van der Waals surface area contributed by atoms with Crippen molar-refractivity contribution in [2.24, 2.45) is 5.92 Å². The zero-order chi connectivity index (χ0) is 12.9. The van der Waals surface area contributed by atoms with Crippen molar-refractivity contribution in [3.63, 3.8) is 0 Å². The summed E-state index contributed by atoms with van der Waals surface area (Å²) in [5, 5.41) is 1.93. The molecule has 1 unspecified atom stereocenters. The van der Waals surface area contributed by atoms with E-state index in [9.17, 15) is 18.0 Å². The lowest BCUT2D eigenvalue weighted by atomic mass is 9.98. The molecule has 7 heteroatoms. The van der Waals surface area contributed by atoms with Crippen LogP contribution in [0.2, 0.25) is 0 Å². The van der Waals surface area contributed by atoms with Crippen LogP contribution in [0.5, 0.6) is 0 Å². The van der Waals surface area contributed by atoms with Gasteiger partial charge >= 0.3 is 12.2 Å². The lowest BCUT2D eigenvalue weighted by Gasteiger charge is -2.26. The zero-order valence-corrected chi connectivity index (χ0v) is 9.64. The fourth-order valence-electron chi connectivity index (χ4n) is 2.07. The number of urea groups is 1. The third-order valence-corrected chi connectivity index (χ3v) is 2.82. The summed E-state index contributed by atoms with van der Waals surface area (Å²) < 4.78 is 38.3. The smallest absolute Gasteiger partial charge is 0.324 e. The standard InChI is InChI=1S/C10H17F3N2O2/c1-2-17-15-9(16)14-8(10(11,12)13)7-5-3-4-6-7/h7-8H,2-6H2,1H3,(H2,14,15,16). The second-order valence-corrected chi connectivity index (χ2v) is 4.07. The van der Waals surface area contributed by atoms with E-state index in [4.69, 9.17) is 0 Å². The molecule has 2 amide bonds. The highest BCUT2D eigenvalue weighted by Gasteiger charge is 2.46. The van der Waals surface area contributed by atoms with Crippen LogP contribution in [-0.4, -0.2) is 24.9 Å². The fourth-order valence-corrected chi connectivity index (χ4v) is 2.07. The molecule has 4 nitrogen and oxygen atoms in total. The Labute approximate surface area is 97.8 Å². The topological polar surface area (TPSA) is 50.4 Å². The van der Waals surface area contributed by atoms with Crippen LogP contribution >= 0.6 is 0 Å². The molecule has 17 heavy (non-hydrogen) atoms. The summed E-state index contributed by atoms with van der Waals surface area (Å²) in [6, 6.07) is -2.73. The molecule has 1 saturated carbocycles. The van der Waals surface area contributed by atoms with Gasteiger partial charge in [0.1, 0.15) is 6.04 Å². The normalized spacial score (nSPS) is 19.1. The molecule has 100 valence electrons. The van der Waals surface area contributed by atoms with Crippen LogP contribution in [0.25, 0.3) is 0 Å². The van der Waals surface area contributed by atoms with Crippen LogP contribution in [-0.2, 0) is 4.84 Å². The first-order valence-corrected chi connectivity index (χ1v) is 5.70. The first kappa shape index (κ1) is 14.1. The number of hydrogen-bond acceptors (Lipinski definition) is 2. The van der Waals surface area contributed by atoms with Gasteiger partial charge in [-0.3, -0.25) is 4.84 Å². The van der Waals surface area contributed by atoms with Crippen LogP contribution in [0.4, 0.5) is 18.0 Å². The van der Waals surface area contributed by atoms with Gasteiger partial charge in [-0.15, -0.1) is 0 Å². The minimum Gasteiger partial charge on any atom is -0.324 e. The van der Waals surface area contributed by atoms with Crippen molar-refractivity contribution in [1.29, 1.82) is 0 Å². The van der Waals surface area contributed by atoms with Gasteiger partial charge in [-0.25, -0.2) is 10.3 Å². The predicted molar refractivity (Wildman–Crippen MR) is 55.1 cm³/mol. The Balaban J connectivity index is 2.54. The number of alkyl halides is 3. The largest absolute Gasteiger partial charge is 0.408 e. The number of halogens is 3. The van der Waals surface area contributed by atoms with Crippen LogP contribution in [0.1, 0.15) is 32.6 Å². The molecule has 0 radical (unpaired) electrons. The lowest BCUT2D eigenvalue weighted by Crippen LogP contribution is -2.52. The van der Waals surface area contributed by atoms with Gasteiger partial charge < -0.3 is 5.32 Å².